The minimum absolute atomic E-state index is 0.00825. The van der Waals surface area contributed by atoms with Gasteiger partial charge in [0, 0.05) is 25.0 Å². The lowest BCUT2D eigenvalue weighted by Gasteiger charge is -2.32. The molecule has 2 aliphatic rings. The fraction of sp³-hybridized carbons (Fsp3) is 0.583. The summed E-state index contributed by atoms with van der Waals surface area (Å²) in [6, 6.07) is 0.369. The van der Waals surface area contributed by atoms with Gasteiger partial charge in [0.2, 0.25) is 0 Å². The molecule has 1 N–H and O–H groups in total. The third-order valence-electron chi connectivity index (χ3n) is 3.16. The van der Waals surface area contributed by atoms with Gasteiger partial charge in [0.05, 0.1) is 19.3 Å². The van der Waals surface area contributed by atoms with Crippen LogP contribution in [0.3, 0.4) is 0 Å². The van der Waals surface area contributed by atoms with Crippen LogP contribution in [-0.2, 0) is 9.53 Å². The van der Waals surface area contributed by atoms with Crippen LogP contribution in [0.2, 0.25) is 0 Å². The topological polar surface area (TPSA) is 67.4 Å². The molecule has 1 aromatic rings. The monoisotopic (exact) mass is 248 g/mol. The zero-order chi connectivity index (χ0) is 12.4. The predicted octanol–water partition coefficient (Wildman–Crippen LogP) is -0.0396. The lowest BCUT2D eigenvalue weighted by Crippen LogP contribution is -2.50. The lowest BCUT2D eigenvalue weighted by atomic mass is 10.2. The molecule has 1 aliphatic carbocycles. The van der Waals surface area contributed by atoms with Crippen LogP contribution in [0.25, 0.3) is 0 Å². The van der Waals surface area contributed by atoms with Crippen LogP contribution in [0, 0.1) is 0 Å². The first-order valence-electron chi connectivity index (χ1n) is 6.26. The molecular formula is C12H16N4O2. The highest BCUT2D eigenvalue weighted by Crippen LogP contribution is 2.20. The van der Waals surface area contributed by atoms with Crippen LogP contribution in [0.1, 0.15) is 12.8 Å². The Hall–Kier alpha value is -1.69. The van der Waals surface area contributed by atoms with E-state index in [0.29, 0.717) is 19.2 Å². The van der Waals surface area contributed by atoms with E-state index in [-0.39, 0.29) is 5.91 Å². The molecule has 1 aromatic heterocycles. The van der Waals surface area contributed by atoms with E-state index in [1.54, 1.807) is 18.6 Å². The molecule has 1 saturated heterocycles. The van der Waals surface area contributed by atoms with Gasteiger partial charge in [-0.05, 0) is 12.8 Å². The Bertz CT molecular complexity index is 421. The smallest absolute Gasteiger partial charge is 0.251 e. The van der Waals surface area contributed by atoms with Gasteiger partial charge in [-0.15, -0.1) is 0 Å². The molecule has 1 unspecified atom stereocenters. The van der Waals surface area contributed by atoms with Crippen molar-refractivity contribution in [3.8, 4) is 0 Å². The Kier molecular flexibility index (Phi) is 3.10. The number of ether oxygens (including phenoxy) is 1. The van der Waals surface area contributed by atoms with Crippen LogP contribution in [0.4, 0.5) is 5.82 Å². The van der Waals surface area contributed by atoms with Crippen LogP contribution in [0.15, 0.2) is 18.6 Å². The summed E-state index contributed by atoms with van der Waals surface area (Å²) >= 11 is 0. The summed E-state index contributed by atoms with van der Waals surface area (Å²) in [7, 11) is 0. The van der Waals surface area contributed by atoms with Gasteiger partial charge in [0.1, 0.15) is 5.82 Å². The SMILES string of the molecule is O=C(NC1CC1)C1CN(c2cnccn2)CCO1. The fourth-order valence-electron chi connectivity index (χ4n) is 1.99. The zero-order valence-corrected chi connectivity index (χ0v) is 10.1. The van der Waals surface area contributed by atoms with E-state index in [1.165, 1.54) is 0 Å². The molecule has 0 spiro atoms. The quantitative estimate of drug-likeness (QED) is 0.813. The van der Waals surface area contributed by atoms with Crippen molar-refractivity contribution < 1.29 is 9.53 Å². The number of amides is 1. The third kappa shape index (κ3) is 2.59. The van der Waals surface area contributed by atoms with Gasteiger partial charge >= 0.3 is 0 Å². The minimum Gasteiger partial charge on any atom is -0.365 e. The molecule has 2 heterocycles. The van der Waals surface area contributed by atoms with Gasteiger partial charge in [-0.25, -0.2) is 4.98 Å². The summed E-state index contributed by atoms with van der Waals surface area (Å²) in [5.41, 5.74) is 0. The van der Waals surface area contributed by atoms with E-state index < -0.39 is 6.10 Å². The molecule has 6 heteroatoms. The van der Waals surface area contributed by atoms with E-state index >= 15 is 0 Å². The summed E-state index contributed by atoms with van der Waals surface area (Å²) in [6.07, 6.45) is 6.78. The Balaban J connectivity index is 1.62. The maximum Gasteiger partial charge on any atom is 0.251 e. The summed E-state index contributed by atoms with van der Waals surface area (Å²) < 4.78 is 5.52. The van der Waals surface area contributed by atoms with Gasteiger partial charge in [0.15, 0.2) is 6.10 Å². The van der Waals surface area contributed by atoms with E-state index in [0.717, 1.165) is 25.2 Å². The Morgan fingerprint density at radius 3 is 3.06 bits per heavy atom. The van der Waals surface area contributed by atoms with Crippen LogP contribution in [-0.4, -0.2) is 47.7 Å². The maximum absolute atomic E-state index is 11.9. The largest absolute Gasteiger partial charge is 0.365 e. The van der Waals surface area contributed by atoms with E-state index in [4.69, 9.17) is 4.74 Å². The molecule has 1 atom stereocenters. The van der Waals surface area contributed by atoms with E-state index in [1.807, 2.05) is 4.90 Å². The molecule has 1 amide bonds. The van der Waals surface area contributed by atoms with Gasteiger partial charge in [-0.2, -0.15) is 0 Å². The van der Waals surface area contributed by atoms with Gasteiger partial charge in [-0.3, -0.25) is 9.78 Å². The average molecular weight is 248 g/mol. The second-order valence-electron chi connectivity index (χ2n) is 4.65. The molecule has 0 radical (unpaired) electrons. The number of carbonyl (C=O) groups excluding carboxylic acids is 1. The molecule has 6 nitrogen and oxygen atoms in total. The standard InChI is InChI=1S/C12H16N4O2/c17-12(15-9-1-2-9)10-8-16(5-6-18-10)11-7-13-3-4-14-11/h3-4,7,9-10H,1-2,5-6,8H2,(H,15,17). The Morgan fingerprint density at radius 1 is 1.44 bits per heavy atom. The van der Waals surface area contributed by atoms with Crippen molar-refractivity contribution >= 4 is 11.7 Å². The molecule has 1 saturated carbocycles. The van der Waals surface area contributed by atoms with Crippen molar-refractivity contribution in [3.05, 3.63) is 18.6 Å². The molecule has 0 bridgehead atoms. The van der Waals surface area contributed by atoms with Crippen LogP contribution >= 0.6 is 0 Å². The third-order valence-corrected chi connectivity index (χ3v) is 3.16. The number of nitrogens with zero attached hydrogens (tertiary/aromatic N) is 3. The number of hydrogen-bond acceptors (Lipinski definition) is 5. The second-order valence-corrected chi connectivity index (χ2v) is 4.65. The highest BCUT2D eigenvalue weighted by atomic mass is 16.5. The molecule has 18 heavy (non-hydrogen) atoms. The van der Waals surface area contributed by atoms with E-state index in [2.05, 4.69) is 15.3 Å². The summed E-state index contributed by atoms with van der Waals surface area (Å²) in [5, 5.41) is 2.97. The number of carbonyl (C=O) groups is 1. The number of morpholine rings is 1. The van der Waals surface area contributed by atoms with Gasteiger partial charge in [-0.1, -0.05) is 0 Å². The summed E-state index contributed by atoms with van der Waals surface area (Å²) in [5.74, 6) is 0.788. The van der Waals surface area contributed by atoms with Crippen molar-refractivity contribution in [1.82, 2.24) is 15.3 Å². The zero-order valence-electron chi connectivity index (χ0n) is 10.1. The van der Waals surface area contributed by atoms with Gasteiger partial charge < -0.3 is 15.0 Å². The molecule has 2 fully saturated rings. The highest BCUT2D eigenvalue weighted by molar-refractivity contribution is 5.82. The normalized spacial score (nSPS) is 23.8. The molecule has 3 rings (SSSR count). The maximum atomic E-state index is 11.9. The number of hydrogen-bond donors (Lipinski definition) is 1. The van der Waals surface area contributed by atoms with Crippen molar-refractivity contribution in [2.24, 2.45) is 0 Å². The fourth-order valence-corrected chi connectivity index (χ4v) is 1.99. The number of rotatable bonds is 3. The number of anilines is 1. The van der Waals surface area contributed by atoms with Crippen molar-refractivity contribution in [1.29, 1.82) is 0 Å². The number of aromatic nitrogens is 2. The molecular weight excluding hydrogens is 232 g/mol. The Labute approximate surface area is 105 Å². The number of nitrogens with one attached hydrogen (secondary N) is 1. The molecule has 1 aliphatic heterocycles. The highest BCUT2D eigenvalue weighted by Gasteiger charge is 2.31. The summed E-state index contributed by atoms with van der Waals surface area (Å²) in [4.78, 5) is 22.3. The first-order chi connectivity index (χ1) is 8.83. The average Bonchev–Trinajstić information content (AvgIpc) is 3.24. The lowest BCUT2D eigenvalue weighted by molar-refractivity contribution is -0.133. The molecule has 96 valence electrons. The van der Waals surface area contributed by atoms with E-state index in [9.17, 15) is 4.79 Å². The first-order valence-corrected chi connectivity index (χ1v) is 6.26. The second kappa shape index (κ2) is 4.89. The Morgan fingerprint density at radius 2 is 2.33 bits per heavy atom. The first kappa shape index (κ1) is 11.4. The van der Waals surface area contributed by atoms with Crippen molar-refractivity contribution in [3.63, 3.8) is 0 Å². The van der Waals surface area contributed by atoms with Gasteiger partial charge in [0.25, 0.3) is 5.91 Å². The molecule has 0 aromatic carbocycles. The van der Waals surface area contributed by atoms with Crippen LogP contribution < -0.4 is 10.2 Å². The van der Waals surface area contributed by atoms with Crippen LogP contribution in [0.5, 0.6) is 0 Å². The summed E-state index contributed by atoms with van der Waals surface area (Å²) in [6.45, 7) is 1.82. The van der Waals surface area contributed by atoms with Crippen molar-refractivity contribution in [2.45, 2.75) is 25.0 Å². The van der Waals surface area contributed by atoms with Crippen molar-refractivity contribution in [2.75, 3.05) is 24.6 Å². The minimum atomic E-state index is -0.402. The predicted molar refractivity (Wildman–Crippen MR) is 65.1 cm³/mol.